The summed E-state index contributed by atoms with van der Waals surface area (Å²) >= 11 is 7.06. The molecule has 2 N–H and O–H groups in total. The molecule has 0 amide bonds. The molecule has 0 atom stereocenters. The predicted octanol–water partition coefficient (Wildman–Crippen LogP) is 2.34. The number of alkyl halides is 1. The number of anilines is 1. The molecule has 0 aliphatic heterocycles. The van der Waals surface area contributed by atoms with E-state index in [1.807, 2.05) is 24.5 Å². The SMILES string of the molecule is CSc1ccc(N)c(CC(=O)CCl)c1. The van der Waals surface area contributed by atoms with Gasteiger partial charge in [0.05, 0.1) is 5.88 Å². The van der Waals surface area contributed by atoms with Crippen molar-refractivity contribution in [2.24, 2.45) is 0 Å². The second-order valence-corrected chi connectivity index (χ2v) is 4.06. The van der Waals surface area contributed by atoms with E-state index in [4.69, 9.17) is 17.3 Å². The third kappa shape index (κ3) is 2.93. The zero-order chi connectivity index (χ0) is 10.6. The average molecular weight is 230 g/mol. The van der Waals surface area contributed by atoms with Gasteiger partial charge in [-0.25, -0.2) is 0 Å². The highest BCUT2D eigenvalue weighted by Crippen LogP contribution is 2.21. The van der Waals surface area contributed by atoms with Gasteiger partial charge in [0.25, 0.3) is 0 Å². The molecular formula is C10H12ClNOS. The number of thioether (sulfide) groups is 1. The minimum atomic E-state index is -0.00313. The van der Waals surface area contributed by atoms with Gasteiger partial charge in [0.15, 0.2) is 5.78 Å². The monoisotopic (exact) mass is 229 g/mol. The normalized spacial score (nSPS) is 10.1. The summed E-state index contributed by atoms with van der Waals surface area (Å²) in [4.78, 5) is 12.2. The van der Waals surface area contributed by atoms with E-state index >= 15 is 0 Å². The molecule has 0 saturated heterocycles. The number of carbonyl (C=O) groups is 1. The maximum Gasteiger partial charge on any atom is 0.152 e. The maximum atomic E-state index is 11.1. The molecule has 2 nitrogen and oxygen atoms in total. The Balaban J connectivity index is 2.89. The molecule has 0 aromatic heterocycles. The van der Waals surface area contributed by atoms with Gasteiger partial charge in [-0.2, -0.15) is 0 Å². The summed E-state index contributed by atoms with van der Waals surface area (Å²) in [7, 11) is 0. The van der Waals surface area contributed by atoms with E-state index in [-0.39, 0.29) is 11.7 Å². The van der Waals surface area contributed by atoms with Crippen LogP contribution in [0.1, 0.15) is 5.56 Å². The van der Waals surface area contributed by atoms with Gasteiger partial charge in [0, 0.05) is 17.0 Å². The molecule has 0 aliphatic rings. The summed E-state index contributed by atoms with van der Waals surface area (Å²) in [5.74, 6) is 0.0414. The maximum absolute atomic E-state index is 11.1. The average Bonchev–Trinajstić information content (AvgIpc) is 2.21. The summed E-state index contributed by atoms with van der Waals surface area (Å²) in [5.41, 5.74) is 7.26. The first kappa shape index (κ1) is 11.4. The second kappa shape index (κ2) is 5.27. The van der Waals surface area contributed by atoms with Gasteiger partial charge in [-0.1, -0.05) is 0 Å². The van der Waals surface area contributed by atoms with Crippen LogP contribution in [0.2, 0.25) is 0 Å². The molecule has 1 aromatic carbocycles. The van der Waals surface area contributed by atoms with Gasteiger partial charge < -0.3 is 5.73 Å². The Morgan fingerprint density at radius 1 is 1.57 bits per heavy atom. The Morgan fingerprint density at radius 2 is 2.29 bits per heavy atom. The van der Waals surface area contributed by atoms with Crippen molar-refractivity contribution in [1.82, 2.24) is 0 Å². The Labute approximate surface area is 92.8 Å². The number of nitrogens with two attached hydrogens (primary N) is 1. The van der Waals surface area contributed by atoms with E-state index in [2.05, 4.69) is 0 Å². The number of ketones is 1. The first-order valence-corrected chi connectivity index (χ1v) is 5.93. The number of Topliss-reactive ketones (excluding diaryl/α,β-unsaturated/α-hetero) is 1. The molecule has 0 fully saturated rings. The van der Waals surface area contributed by atoms with E-state index in [1.165, 1.54) is 0 Å². The lowest BCUT2D eigenvalue weighted by atomic mass is 10.1. The summed E-state index contributed by atoms with van der Waals surface area (Å²) in [5, 5.41) is 0. The highest BCUT2D eigenvalue weighted by Gasteiger charge is 2.06. The van der Waals surface area contributed by atoms with E-state index in [1.54, 1.807) is 11.8 Å². The highest BCUT2D eigenvalue weighted by atomic mass is 35.5. The predicted molar refractivity (Wildman–Crippen MR) is 62.1 cm³/mol. The van der Waals surface area contributed by atoms with Gasteiger partial charge in [-0.05, 0) is 30.0 Å². The molecule has 0 bridgehead atoms. The van der Waals surface area contributed by atoms with Crippen molar-refractivity contribution in [2.75, 3.05) is 17.9 Å². The smallest absolute Gasteiger partial charge is 0.152 e. The van der Waals surface area contributed by atoms with Crippen molar-refractivity contribution in [3.63, 3.8) is 0 Å². The largest absolute Gasteiger partial charge is 0.398 e. The minimum Gasteiger partial charge on any atom is -0.398 e. The molecule has 0 saturated carbocycles. The zero-order valence-corrected chi connectivity index (χ0v) is 9.49. The van der Waals surface area contributed by atoms with E-state index < -0.39 is 0 Å². The number of rotatable bonds is 4. The van der Waals surface area contributed by atoms with Crippen molar-refractivity contribution < 1.29 is 4.79 Å². The van der Waals surface area contributed by atoms with Crippen molar-refractivity contribution in [3.05, 3.63) is 23.8 Å². The second-order valence-electron chi connectivity index (χ2n) is 2.91. The Morgan fingerprint density at radius 3 is 2.86 bits per heavy atom. The molecule has 0 unspecified atom stereocenters. The molecule has 0 heterocycles. The quantitative estimate of drug-likeness (QED) is 0.490. The molecule has 14 heavy (non-hydrogen) atoms. The molecule has 76 valence electrons. The van der Waals surface area contributed by atoms with E-state index in [0.717, 1.165) is 10.5 Å². The minimum absolute atomic E-state index is 0.00313. The first-order valence-electron chi connectivity index (χ1n) is 4.17. The van der Waals surface area contributed by atoms with Crippen LogP contribution in [-0.2, 0) is 11.2 Å². The molecule has 1 rings (SSSR count). The van der Waals surface area contributed by atoms with Crippen LogP contribution in [0.4, 0.5) is 5.69 Å². The lowest BCUT2D eigenvalue weighted by Gasteiger charge is -2.05. The third-order valence-corrected chi connectivity index (χ3v) is 2.91. The number of carbonyl (C=O) groups excluding carboxylic acids is 1. The Kier molecular flexibility index (Phi) is 4.29. The van der Waals surface area contributed by atoms with Gasteiger partial charge >= 0.3 is 0 Å². The lowest BCUT2D eigenvalue weighted by molar-refractivity contribution is -0.116. The first-order chi connectivity index (χ1) is 6.67. The summed E-state index contributed by atoms with van der Waals surface area (Å²) in [6, 6.07) is 5.70. The van der Waals surface area contributed by atoms with Crippen molar-refractivity contribution in [3.8, 4) is 0 Å². The Bertz CT molecular complexity index is 341. The molecule has 0 aliphatic carbocycles. The number of benzene rings is 1. The van der Waals surface area contributed by atoms with E-state index in [9.17, 15) is 4.79 Å². The van der Waals surface area contributed by atoms with Gasteiger partial charge in [0.1, 0.15) is 0 Å². The fraction of sp³-hybridized carbons (Fsp3) is 0.300. The van der Waals surface area contributed by atoms with Crippen molar-refractivity contribution in [2.45, 2.75) is 11.3 Å². The standard InChI is InChI=1S/C10H12ClNOS/c1-14-9-2-3-10(12)7(5-9)4-8(13)6-11/h2-3,5H,4,6,12H2,1H3. The summed E-state index contributed by atoms with van der Waals surface area (Å²) in [6.07, 6.45) is 2.31. The van der Waals surface area contributed by atoms with Crippen LogP contribution in [0, 0.1) is 0 Å². The van der Waals surface area contributed by atoms with Crippen molar-refractivity contribution in [1.29, 1.82) is 0 Å². The number of halogens is 1. The van der Waals surface area contributed by atoms with Crippen LogP contribution >= 0.6 is 23.4 Å². The topological polar surface area (TPSA) is 43.1 Å². The highest BCUT2D eigenvalue weighted by molar-refractivity contribution is 7.98. The molecule has 0 spiro atoms. The number of hydrogen-bond acceptors (Lipinski definition) is 3. The molecular weight excluding hydrogens is 218 g/mol. The number of nitrogen functional groups attached to an aromatic ring is 1. The van der Waals surface area contributed by atoms with Crippen LogP contribution < -0.4 is 5.73 Å². The van der Waals surface area contributed by atoms with Crippen molar-refractivity contribution >= 4 is 34.8 Å². The number of hydrogen-bond donors (Lipinski definition) is 1. The van der Waals surface area contributed by atoms with Gasteiger partial charge in [0.2, 0.25) is 0 Å². The third-order valence-electron chi connectivity index (χ3n) is 1.89. The zero-order valence-electron chi connectivity index (χ0n) is 7.92. The van der Waals surface area contributed by atoms with Crippen LogP contribution in [0.25, 0.3) is 0 Å². The molecule has 4 heteroatoms. The summed E-state index contributed by atoms with van der Waals surface area (Å²) in [6.45, 7) is 0. The van der Waals surface area contributed by atoms with Crippen LogP contribution in [-0.4, -0.2) is 17.9 Å². The van der Waals surface area contributed by atoms with Gasteiger partial charge in [-0.15, -0.1) is 23.4 Å². The van der Waals surface area contributed by atoms with Crippen LogP contribution in [0.15, 0.2) is 23.1 Å². The molecule has 0 radical (unpaired) electrons. The Hall–Kier alpha value is -0.670. The fourth-order valence-corrected chi connectivity index (χ4v) is 1.68. The molecule has 1 aromatic rings. The van der Waals surface area contributed by atoms with E-state index in [0.29, 0.717) is 12.1 Å². The van der Waals surface area contributed by atoms with Crippen LogP contribution in [0.5, 0.6) is 0 Å². The summed E-state index contributed by atoms with van der Waals surface area (Å²) < 4.78 is 0. The lowest BCUT2D eigenvalue weighted by Crippen LogP contribution is -2.06. The van der Waals surface area contributed by atoms with Crippen LogP contribution in [0.3, 0.4) is 0 Å². The van der Waals surface area contributed by atoms with Gasteiger partial charge in [-0.3, -0.25) is 4.79 Å². The fourth-order valence-electron chi connectivity index (χ4n) is 1.12.